The Morgan fingerprint density at radius 3 is 1.53 bits per heavy atom. The summed E-state index contributed by atoms with van der Waals surface area (Å²) in [6.07, 6.45) is 0. The molecule has 0 saturated heterocycles. The fraction of sp³-hybridized carbons (Fsp3) is 0. The second-order valence-electron chi connectivity index (χ2n) is 15.3. The number of nitrogens with zero attached hydrogens (tertiary/aromatic N) is 1. The molecule has 0 radical (unpaired) electrons. The van der Waals surface area contributed by atoms with Gasteiger partial charge in [-0.15, -0.1) is 11.3 Å². The highest BCUT2D eigenvalue weighted by atomic mass is 32.1. The normalized spacial score (nSPS) is 11.3. The van der Waals surface area contributed by atoms with Crippen molar-refractivity contribution < 1.29 is 0 Å². The van der Waals surface area contributed by atoms with E-state index in [4.69, 9.17) is 0 Å². The van der Waals surface area contributed by atoms with E-state index < -0.39 is 0 Å². The average Bonchev–Trinajstić information content (AvgIpc) is 3.72. The van der Waals surface area contributed by atoms with Gasteiger partial charge in [0.05, 0.1) is 16.1 Å². The molecule has 11 rings (SSSR count). The number of benzene rings is 10. The van der Waals surface area contributed by atoms with Gasteiger partial charge in [0.2, 0.25) is 0 Å². The Morgan fingerprint density at radius 1 is 0.283 bits per heavy atom. The molecule has 0 atom stereocenters. The summed E-state index contributed by atoms with van der Waals surface area (Å²) in [4.78, 5) is 2.45. The van der Waals surface area contributed by atoms with Gasteiger partial charge in [0.25, 0.3) is 0 Å². The van der Waals surface area contributed by atoms with Crippen molar-refractivity contribution in [2.24, 2.45) is 0 Å². The van der Waals surface area contributed by atoms with Crippen LogP contribution >= 0.6 is 11.3 Å². The molecule has 0 N–H and O–H groups in total. The number of hydrogen-bond acceptors (Lipinski definition) is 2. The van der Waals surface area contributed by atoms with Crippen LogP contribution in [0, 0.1) is 0 Å². The van der Waals surface area contributed by atoms with Crippen LogP contribution in [0.1, 0.15) is 0 Å². The molecule has 0 bridgehead atoms. The van der Waals surface area contributed by atoms with Crippen molar-refractivity contribution in [1.29, 1.82) is 0 Å². The van der Waals surface area contributed by atoms with Crippen LogP contribution in [-0.4, -0.2) is 0 Å². The number of para-hydroxylation sites is 1. The van der Waals surface area contributed by atoms with Gasteiger partial charge < -0.3 is 4.90 Å². The third-order valence-corrected chi connectivity index (χ3v) is 12.9. The zero-order chi connectivity index (χ0) is 39.8. The highest BCUT2D eigenvalue weighted by Crippen LogP contribution is 2.47. The van der Waals surface area contributed by atoms with Gasteiger partial charge >= 0.3 is 0 Å². The van der Waals surface area contributed by atoms with E-state index in [-0.39, 0.29) is 0 Å². The SMILES string of the molecule is c1ccc(-c2ccc(-c3ccccc3N(c3ccc(-c4ccc(-c5cccc(-c6ccc7ccccc7c6)c5)cc4)cc3)c3cccc4c3sc3ccccc34)cc2)cc1. The van der Waals surface area contributed by atoms with Gasteiger partial charge in [-0.1, -0.05) is 194 Å². The Balaban J connectivity index is 0.956. The predicted molar refractivity (Wildman–Crippen MR) is 259 cm³/mol. The average molecular weight is 782 g/mol. The summed E-state index contributed by atoms with van der Waals surface area (Å²) < 4.78 is 2.57. The first-order valence-electron chi connectivity index (χ1n) is 20.5. The zero-order valence-electron chi connectivity index (χ0n) is 32.9. The fourth-order valence-corrected chi connectivity index (χ4v) is 9.81. The molecule has 1 heterocycles. The van der Waals surface area contributed by atoms with E-state index in [1.165, 1.54) is 92.3 Å². The third-order valence-electron chi connectivity index (χ3n) is 11.7. The molecule has 0 amide bonds. The van der Waals surface area contributed by atoms with Crippen LogP contribution in [0.2, 0.25) is 0 Å². The molecule has 0 unspecified atom stereocenters. The summed E-state index contributed by atoms with van der Waals surface area (Å²) in [5, 5.41) is 5.09. The first-order chi connectivity index (χ1) is 29.7. The van der Waals surface area contributed by atoms with Crippen LogP contribution in [0.3, 0.4) is 0 Å². The number of fused-ring (bicyclic) bond motifs is 4. The van der Waals surface area contributed by atoms with Crippen molar-refractivity contribution in [3.8, 4) is 55.6 Å². The molecule has 0 aliphatic heterocycles. The van der Waals surface area contributed by atoms with Gasteiger partial charge in [-0.2, -0.15) is 0 Å². The number of thiophene rings is 1. The van der Waals surface area contributed by atoms with E-state index >= 15 is 0 Å². The van der Waals surface area contributed by atoms with Crippen LogP contribution in [-0.2, 0) is 0 Å². The molecule has 11 aromatic rings. The largest absolute Gasteiger partial charge is 0.308 e. The first-order valence-corrected chi connectivity index (χ1v) is 21.3. The number of anilines is 3. The molecule has 1 aromatic heterocycles. The smallest absolute Gasteiger partial charge is 0.0640 e. The monoisotopic (exact) mass is 781 g/mol. The van der Waals surface area contributed by atoms with E-state index in [0.717, 1.165) is 11.4 Å². The van der Waals surface area contributed by atoms with Gasteiger partial charge in [-0.3, -0.25) is 0 Å². The minimum Gasteiger partial charge on any atom is -0.308 e. The second-order valence-corrected chi connectivity index (χ2v) is 16.4. The fourth-order valence-electron chi connectivity index (χ4n) is 8.61. The molecular formula is C58H39NS. The highest BCUT2D eigenvalue weighted by Gasteiger charge is 2.21. The molecule has 282 valence electrons. The lowest BCUT2D eigenvalue weighted by Crippen LogP contribution is -2.11. The second kappa shape index (κ2) is 15.3. The molecule has 2 heteroatoms. The zero-order valence-corrected chi connectivity index (χ0v) is 33.7. The lowest BCUT2D eigenvalue weighted by atomic mass is 9.96. The van der Waals surface area contributed by atoms with Gasteiger partial charge in [-0.25, -0.2) is 0 Å². The van der Waals surface area contributed by atoms with E-state index in [1.807, 2.05) is 11.3 Å². The molecule has 0 saturated carbocycles. The molecule has 0 fully saturated rings. The summed E-state index contributed by atoms with van der Waals surface area (Å²) in [5.74, 6) is 0. The van der Waals surface area contributed by atoms with Gasteiger partial charge in [0, 0.05) is 26.7 Å². The van der Waals surface area contributed by atoms with Crippen molar-refractivity contribution in [3.05, 3.63) is 237 Å². The molecular weight excluding hydrogens is 743 g/mol. The summed E-state index contributed by atoms with van der Waals surface area (Å²) >= 11 is 1.86. The van der Waals surface area contributed by atoms with Gasteiger partial charge in [0.1, 0.15) is 0 Å². The predicted octanol–water partition coefficient (Wildman–Crippen LogP) is 17.0. The first kappa shape index (κ1) is 35.6. The quantitative estimate of drug-likeness (QED) is 0.148. The molecule has 0 spiro atoms. The van der Waals surface area contributed by atoms with Crippen LogP contribution in [0.5, 0.6) is 0 Å². The number of rotatable bonds is 8. The molecule has 60 heavy (non-hydrogen) atoms. The highest BCUT2D eigenvalue weighted by molar-refractivity contribution is 7.26. The Kier molecular flexibility index (Phi) is 9.11. The van der Waals surface area contributed by atoms with Crippen molar-refractivity contribution >= 4 is 59.3 Å². The lowest BCUT2D eigenvalue weighted by molar-refractivity contribution is 1.30. The summed E-state index contributed by atoms with van der Waals surface area (Å²) in [5.41, 5.74) is 15.4. The molecule has 1 nitrogen and oxygen atoms in total. The Labute approximate surface area is 354 Å². The maximum absolute atomic E-state index is 2.45. The van der Waals surface area contributed by atoms with Crippen LogP contribution in [0.4, 0.5) is 17.1 Å². The maximum atomic E-state index is 2.45. The third kappa shape index (κ3) is 6.63. The van der Waals surface area contributed by atoms with Crippen LogP contribution in [0.15, 0.2) is 237 Å². The van der Waals surface area contributed by atoms with Gasteiger partial charge in [0.15, 0.2) is 0 Å². The van der Waals surface area contributed by atoms with E-state index in [0.29, 0.717) is 0 Å². The van der Waals surface area contributed by atoms with Crippen LogP contribution in [0.25, 0.3) is 86.6 Å². The maximum Gasteiger partial charge on any atom is 0.0640 e. The minimum atomic E-state index is 1.11. The van der Waals surface area contributed by atoms with E-state index in [1.54, 1.807) is 0 Å². The topological polar surface area (TPSA) is 3.24 Å². The molecule has 10 aromatic carbocycles. The van der Waals surface area contributed by atoms with Gasteiger partial charge in [-0.05, 0) is 103 Å². The van der Waals surface area contributed by atoms with Crippen molar-refractivity contribution in [3.63, 3.8) is 0 Å². The Hall–Kier alpha value is -7.52. The minimum absolute atomic E-state index is 1.11. The Morgan fingerprint density at radius 2 is 0.767 bits per heavy atom. The van der Waals surface area contributed by atoms with Crippen LogP contribution < -0.4 is 4.90 Å². The van der Waals surface area contributed by atoms with Crippen molar-refractivity contribution in [1.82, 2.24) is 0 Å². The van der Waals surface area contributed by atoms with Crippen molar-refractivity contribution in [2.45, 2.75) is 0 Å². The number of hydrogen-bond donors (Lipinski definition) is 0. The molecule has 0 aliphatic rings. The molecule has 0 aliphatic carbocycles. The summed E-state index contributed by atoms with van der Waals surface area (Å²) in [6.45, 7) is 0. The van der Waals surface area contributed by atoms with E-state index in [9.17, 15) is 0 Å². The van der Waals surface area contributed by atoms with E-state index in [2.05, 4.69) is 241 Å². The lowest BCUT2D eigenvalue weighted by Gasteiger charge is -2.28. The van der Waals surface area contributed by atoms with Crippen molar-refractivity contribution in [2.75, 3.05) is 4.90 Å². The standard InChI is InChI=1S/C58H39NS/c1-2-12-40(13-3-1)42-28-31-46(32-29-42)52-18-6-8-21-55(52)59(56-22-11-20-54-53-19-7-9-23-57(53)60-58(54)56)51-36-34-44(35-37-51)43-24-26-45(27-25-43)48-16-10-17-49(38-48)50-33-30-41-14-4-5-15-47(41)39-50/h1-39H. The summed E-state index contributed by atoms with van der Waals surface area (Å²) in [7, 11) is 0. The summed E-state index contributed by atoms with van der Waals surface area (Å²) in [6, 6.07) is 86.1. The Bertz CT molecular complexity index is 3290.